The first-order valence-electron chi connectivity index (χ1n) is 12.5. The van der Waals surface area contributed by atoms with E-state index >= 15 is 0 Å². The smallest absolute Gasteiger partial charge is 0.241 e. The Kier molecular flexibility index (Phi) is 7.63. The van der Waals surface area contributed by atoms with E-state index in [9.17, 15) is 13.2 Å². The van der Waals surface area contributed by atoms with Gasteiger partial charge in [0.1, 0.15) is 0 Å². The van der Waals surface area contributed by atoms with Crippen LogP contribution in [-0.4, -0.2) is 63.2 Å². The number of carbonyl (C=O) groups is 1. The van der Waals surface area contributed by atoms with Crippen LogP contribution in [0.5, 0.6) is 0 Å². The Balaban J connectivity index is 1.31. The van der Waals surface area contributed by atoms with Crippen LogP contribution in [-0.2, 0) is 14.6 Å². The van der Waals surface area contributed by atoms with E-state index in [0.717, 1.165) is 57.5 Å². The number of piperazine rings is 1. The number of carbonyl (C=O) groups excluding carboxylic acids is 1. The Hall–Kier alpha value is -2.38. The third-order valence-electron chi connectivity index (χ3n) is 7.40. The molecule has 0 spiro atoms. The number of benzene rings is 2. The molecule has 0 atom stereocenters. The van der Waals surface area contributed by atoms with Gasteiger partial charge < -0.3 is 10.2 Å². The Labute approximate surface area is 204 Å². The molecule has 2 aromatic carbocycles. The number of sulfone groups is 1. The van der Waals surface area contributed by atoms with E-state index in [1.54, 1.807) is 6.07 Å². The molecule has 1 N–H and O–H groups in total. The summed E-state index contributed by atoms with van der Waals surface area (Å²) in [5.74, 6) is -0.320. The molecule has 184 valence electrons. The van der Waals surface area contributed by atoms with Crippen LogP contribution in [0.15, 0.2) is 53.4 Å². The molecule has 1 saturated carbocycles. The molecule has 1 heterocycles. The molecule has 0 radical (unpaired) electrons. The molecule has 0 unspecified atom stereocenters. The maximum atomic E-state index is 13.7. The molecular formula is C27H37N3O3S. The molecule has 2 fully saturated rings. The molecule has 1 amide bonds. The highest BCUT2D eigenvalue weighted by atomic mass is 32.2. The minimum absolute atomic E-state index is 0.306. The summed E-state index contributed by atoms with van der Waals surface area (Å²) in [6.07, 6.45) is 3.15. The predicted octanol–water partition coefficient (Wildman–Crippen LogP) is 3.72. The summed E-state index contributed by atoms with van der Waals surface area (Å²) in [5, 5.41) is 2.99. The van der Waals surface area contributed by atoms with Gasteiger partial charge >= 0.3 is 0 Å². The van der Waals surface area contributed by atoms with Crippen molar-refractivity contribution in [3.05, 3.63) is 59.7 Å². The zero-order valence-electron chi connectivity index (χ0n) is 20.4. The lowest BCUT2D eigenvalue weighted by molar-refractivity contribution is -0.123. The van der Waals surface area contributed by atoms with Gasteiger partial charge in [0, 0.05) is 38.4 Å². The molecule has 4 rings (SSSR count). The van der Waals surface area contributed by atoms with Crippen LogP contribution in [0.3, 0.4) is 0 Å². The van der Waals surface area contributed by atoms with Crippen molar-refractivity contribution in [1.82, 2.24) is 10.2 Å². The van der Waals surface area contributed by atoms with E-state index in [1.807, 2.05) is 32.0 Å². The van der Waals surface area contributed by atoms with Crippen molar-refractivity contribution in [3.63, 3.8) is 0 Å². The van der Waals surface area contributed by atoms with Crippen LogP contribution in [0.2, 0.25) is 0 Å². The molecule has 1 aliphatic carbocycles. The standard InChI is InChI=1S/C27H37N3O3S/c1-22-11-12-23(2)25(21-22)34(32,33)27(13-6-7-14-27)26(31)28-15-8-16-29-17-19-30(20-18-29)24-9-4-3-5-10-24/h3-5,9-12,21H,6-8,13-20H2,1-2H3,(H,28,31). The first-order valence-corrected chi connectivity index (χ1v) is 13.9. The number of amides is 1. The zero-order chi connectivity index (χ0) is 24.2. The fraction of sp³-hybridized carbons (Fsp3) is 0.519. The van der Waals surface area contributed by atoms with Gasteiger partial charge in [-0.2, -0.15) is 0 Å². The third-order valence-corrected chi connectivity index (χ3v) is 10.0. The second-order valence-corrected chi connectivity index (χ2v) is 12.0. The molecule has 0 bridgehead atoms. The predicted molar refractivity (Wildman–Crippen MR) is 137 cm³/mol. The number of aryl methyl sites for hydroxylation is 2. The maximum Gasteiger partial charge on any atom is 0.241 e. The lowest BCUT2D eigenvalue weighted by Crippen LogP contribution is -2.51. The average molecular weight is 484 g/mol. The van der Waals surface area contributed by atoms with Crippen LogP contribution in [0.1, 0.15) is 43.2 Å². The first kappa shape index (κ1) is 24.7. The van der Waals surface area contributed by atoms with Crippen LogP contribution in [0, 0.1) is 13.8 Å². The number of nitrogens with zero attached hydrogens (tertiary/aromatic N) is 2. The topological polar surface area (TPSA) is 69.7 Å². The Morgan fingerprint density at radius 2 is 1.65 bits per heavy atom. The van der Waals surface area contributed by atoms with Crippen LogP contribution in [0.4, 0.5) is 5.69 Å². The number of nitrogens with one attached hydrogen (secondary N) is 1. The van der Waals surface area contributed by atoms with E-state index < -0.39 is 14.6 Å². The molecule has 6 nitrogen and oxygen atoms in total. The minimum atomic E-state index is -3.77. The van der Waals surface area contributed by atoms with Crippen molar-refractivity contribution in [3.8, 4) is 0 Å². The Morgan fingerprint density at radius 1 is 0.971 bits per heavy atom. The molecule has 2 aromatic rings. The zero-order valence-corrected chi connectivity index (χ0v) is 21.2. The van der Waals surface area contributed by atoms with Gasteiger partial charge in [0.05, 0.1) is 4.90 Å². The number of anilines is 1. The van der Waals surface area contributed by atoms with Crippen molar-refractivity contribution in [1.29, 1.82) is 0 Å². The van der Waals surface area contributed by atoms with Gasteiger partial charge in [-0.1, -0.05) is 43.2 Å². The number of hydrogen-bond donors (Lipinski definition) is 1. The number of hydrogen-bond acceptors (Lipinski definition) is 5. The van der Waals surface area contributed by atoms with E-state index in [1.165, 1.54) is 5.69 Å². The molecule has 2 aliphatic rings. The lowest BCUT2D eigenvalue weighted by atomic mass is 10.1. The SMILES string of the molecule is Cc1ccc(C)c(S(=O)(=O)C2(C(=O)NCCCN3CCN(c4ccccc4)CC3)CCCC2)c1. The summed E-state index contributed by atoms with van der Waals surface area (Å²) in [5.41, 5.74) is 2.87. The first-order chi connectivity index (χ1) is 16.3. The quantitative estimate of drug-likeness (QED) is 0.580. The van der Waals surface area contributed by atoms with E-state index in [2.05, 4.69) is 39.4 Å². The minimum Gasteiger partial charge on any atom is -0.369 e. The monoisotopic (exact) mass is 483 g/mol. The second kappa shape index (κ2) is 10.5. The fourth-order valence-electron chi connectivity index (χ4n) is 5.31. The van der Waals surface area contributed by atoms with Crippen molar-refractivity contribution >= 4 is 21.4 Å². The van der Waals surface area contributed by atoms with Crippen molar-refractivity contribution in [2.24, 2.45) is 0 Å². The maximum absolute atomic E-state index is 13.7. The van der Waals surface area contributed by atoms with Crippen LogP contribution in [0.25, 0.3) is 0 Å². The highest BCUT2D eigenvalue weighted by Crippen LogP contribution is 2.41. The fourth-order valence-corrected chi connectivity index (χ4v) is 7.70. The molecule has 1 saturated heterocycles. The summed E-state index contributed by atoms with van der Waals surface area (Å²) < 4.78 is 26.1. The Bertz CT molecular complexity index is 1090. The summed E-state index contributed by atoms with van der Waals surface area (Å²) in [6, 6.07) is 15.9. The Morgan fingerprint density at radius 3 is 2.32 bits per heavy atom. The largest absolute Gasteiger partial charge is 0.369 e. The summed E-state index contributed by atoms with van der Waals surface area (Å²) in [7, 11) is -3.77. The second-order valence-electron chi connectivity index (χ2n) is 9.75. The van der Waals surface area contributed by atoms with Crippen molar-refractivity contribution in [2.75, 3.05) is 44.2 Å². The highest BCUT2D eigenvalue weighted by molar-refractivity contribution is 7.93. The lowest BCUT2D eigenvalue weighted by Gasteiger charge is -2.36. The molecule has 1 aliphatic heterocycles. The van der Waals surface area contributed by atoms with Gasteiger partial charge in [-0.3, -0.25) is 9.69 Å². The van der Waals surface area contributed by atoms with Gasteiger partial charge in [-0.05, 0) is 69.0 Å². The van der Waals surface area contributed by atoms with E-state index in [0.29, 0.717) is 29.8 Å². The summed E-state index contributed by atoms with van der Waals surface area (Å²) in [4.78, 5) is 18.5. The summed E-state index contributed by atoms with van der Waals surface area (Å²) in [6.45, 7) is 9.08. The van der Waals surface area contributed by atoms with Gasteiger partial charge in [-0.15, -0.1) is 0 Å². The normalized spacial score (nSPS) is 18.7. The van der Waals surface area contributed by atoms with Gasteiger partial charge in [0.2, 0.25) is 5.91 Å². The summed E-state index contributed by atoms with van der Waals surface area (Å²) >= 11 is 0. The van der Waals surface area contributed by atoms with Crippen LogP contribution < -0.4 is 10.2 Å². The van der Waals surface area contributed by atoms with Gasteiger partial charge in [0.25, 0.3) is 0 Å². The van der Waals surface area contributed by atoms with Gasteiger partial charge in [-0.25, -0.2) is 8.42 Å². The molecule has 7 heteroatoms. The van der Waals surface area contributed by atoms with E-state index in [4.69, 9.17) is 0 Å². The molecule has 34 heavy (non-hydrogen) atoms. The van der Waals surface area contributed by atoms with Crippen molar-refractivity contribution < 1.29 is 13.2 Å². The third kappa shape index (κ3) is 5.01. The van der Waals surface area contributed by atoms with Gasteiger partial charge in [0.15, 0.2) is 14.6 Å². The number of para-hydroxylation sites is 1. The average Bonchev–Trinajstić information content (AvgIpc) is 3.36. The number of rotatable bonds is 8. The van der Waals surface area contributed by atoms with Crippen LogP contribution >= 0.6 is 0 Å². The highest BCUT2D eigenvalue weighted by Gasteiger charge is 2.53. The van der Waals surface area contributed by atoms with E-state index in [-0.39, 0.29) is 5.91 Å². The van der Waals surface area contributed by atoms with Crippen molar-refractivity contribution in [2.45, 2.75) is 55.6 Å². The molecular weight excluding hydrogens is 446 g/mol. The molecule has 0 aromatic heterocycles.